The summed E-state index contributed by atoms with van der Waals surface area (Å²) in [5, 5.41) is -0.257. The van der Waals surface area contributed by atoms with E-state index < -0.39 is 5.97 Å². The smallest absolute Gasteiger partial charge is 0.358 e. The fourth-order valence-electron chi connectivity index (χ4n) is 2.73. The first-order valence-corrected chi connectivity index (χ1v) is 9.37. The largest absolute Gasteiger partial charge is 0.456 e. The summed E-state index contributed by atoms with van der Waals surface area (Å²) < 4.78 is 5.21. The number of aromatic nitrogens is 1. The van der Waals surface area contributed by atoms with Crippen molar-refractivity contribution in [3.63, 3.8) is 0 Å². The first kappa shape index (κ1) is 19.7. The van der Waals surface area contributed by atoms with Crippen LogP contribution < -0.4 is 5.73 Å². The maximum Gasteiger partial charge on any atom is 0.358 e. The summed E-state index contributed by atoms with van der Waals surface area (Å²) in [5.74, 6) is -0.763. The van der Waals surface area contributed by atoms with E-state index in [1.54, 1.807) is 24.3 Å². The fourth-order valence-corrected chi connectivity index (χ4v) is 3.32. The molecule has 1 aromatic carbocycles. The second kappa shape index (κ2) is 8.33. The molecule has 0 atom stereocenters. The molecule has 0 bridgehead atoms. The molecule has 1 aliphatic heterocycles. The Labute approximate surface area is 171 Å². The lowest BCUT2D eigenvalue weighted by atomic mass is 10.1. The summed E-state index contributed by atoms with van der Waals surface area (Å²) in [5.41, 5.74) is 6.78. The molecule has 0 unspecified atom stereocenters. The minimum absolute atomic E-state index is 0.0123. The second-order valence-corrected chi connectivity index (χ2v) is 7.18. The lowest BCUT2D eigenvalue weighted by Crippen LogP contribution is -2.27. The summed E-state index contributed by atoms with van der Waals surface area (Å²) in [6.45, 7) is 1.56. The number of carbonyl (C=O) groups is 2. The topological polar surface area (TPSA) is 85.5 Å². The second-order valence-electron chi connectivity index (χ2n) is 6.07. The molecule has 1 amide bonds. The maximum atomic E-state index is 12.3. The molecule has 2 heterocycles. The molecule has 0 aliphatic carbocycles. The Morgan fingerprint density at radius 3 is 2.33 bits per heavy atom. The van der Waals surface area contributed by atoms with Crippen molar-refractivity contribution < 1.29 is 14.3 Å². The monoisotopic (exact) mass is 427 g/mol. The Morgan fingerprint density at radius 2 is 1.70 bits per heavy atom. The van der Waals surface area contributed by atoms with Gasteiger partial charge in [-0.1, -0.05) is 46.9 Å². The summed E-state index contributed by atoms with van der Waals surface area (Å²) in [7, 11) is 0. The van der Waals surface area contributed by atoms with Gasteiger partial charge < -0.3 is 15.4 Å². The standard InChI is InChI=1S/C18H16Cl3N3O3/c19-12-14(22)13(20)16(21)23-15(12)18(26)27-9-10-3-5-11(6-4-10)17(25)24-7-1-2-8-24/h3-6H,1-2,7-9H2,(H2,22,23). The number of hydrogen-bond donors (Lipinski definition) is 1. The van der Waals surface area contributed by atoms with Crippen LogP contribution in [0.25, 0.3) is 0 Å². The Balaban J connectivity index is 1.65. The maximum absolute atomic E-state index is 12.3. The Hall–Kier alpha value is -2.02. The van der Waals surface area contributed by atoms with Crippen LogP contribution in [0.1, 0.15) is 39.3 Å². The summed E-state index contributed by atoms with van der Waals surface area (Å²) in [4.78, 5) is 30.2. The number of ether oxygens (including phenoxy) is 1. The van der Waals surface area contributed by atoms with Gasteiger partial charge in [0, 0.05) is 18.7 Å². The molecule has 1 aliphatic rings. The van der Waals surface area contributed by atoms with Gasteiger partial charge in [-0.25, -0.2) is 9.78 Å². The van der Waals surface area contributed by atoms with Crippen molar-refractivity contribution in [2.75, 3.05) is 18.8 Å². The van der Waals surface area contributed by atoms with Gasteiger partial charge in [0.1, 0.15) is 11.6 Å². The highest BCUT2D eigenvalue weighted by molar-refractivity contribution is 6.46. The molecule has 2 N–H and O–H groups in total. The van der Waals surface area contributed by atoms with Gasteiger partial charge in [-0.2, -0.15) is 0 Å². The first-order chi connectivity index (χ1) is 12.9. The molecule has 0 radical (unpaired) electrons. The average molecular weight is 429 g/mol. The van der Waals surface area contributed by atoms with Crippen molar-refractivity contribution in [1.82, 2.24) is 9.88 Å². The predicted octanol–water partition coefficient (Wildman–Crippen LogP) is 4.22. The van der Waals surface area contributed by atoms with Crippen LogP contribution in [-0.4, -0.2) is 34.8 Å². The van der Waals surface area contributed by atoms with Gasteiger partial charge in [-0.3, -0.25) is 4.79 Å². The van der Waals surface area contributed by atoms with Crippen LogP contribution >= 0.6 is 34.8 Å². The third-order valence-electron chi connectivity index (χ3n) is 4.23. The molecule has 1 saturated heterocycles. The fraction of sp³-hybridized carbons (Fsp3) is 0.278. The summed E-state index contributed by atoms with van der Waals surface area (Å²) in [6, 6.07) is 6.89. The SMILES string of the molecule is Nc1c(Cl)c(Cl)nc(C(=O)OCc2ccc(C(=O)N3CCCC3)cc2)c1Cl. The number of halogens is 3. The van der Waals surface area contributed by atoms with Gasteiger partial charge in [0.05, 0.1) is 10.7 Å². The summed E-state index contributed by atoms with van der Waals surface area (Å²) >= 11 is 17.7. The molecule has 0 spiro atoms. The zero-order valence-electron chi connectivity index (χ0n) is 14.2. The minimum atomic E-state index is -0.775. The van der Waals surface area contributed by atoms with E-state index in [-0.39, 0.29) is 39.1 Å². The number of nitrogens with two attached hydrogens (primary N) is 1. The number of esters is 1. The third kappa shape index (κ3) is 4.29. The normalized spacial score (nSPS) is 13.7. The number of nitrogens with zero attached hydrogens (tertiary/aromatic N) is 2. The van der Waals surface area contributed by atoms with E-state index in [0.29, 0.717) is 11.1 Å². The first-order valence-electron chi connectivity index (χ1n) is 8.23. The van der Waals surface area contributed by atoms with Crippen molar-refractivity contribution in [2.45, 2.75) is 19.4 Å². The molecule has 9 heteroatoms. The Kier molecular flexibility index (Phi) is 6.09. The quantitative estimate of drug-likeness (QED) is 0.582. The van der Waals surface area contributed by atoms with Gasteiger partial charge in [-0.05, 0) is 30.5 Å². The highest BCUT2D eigenvalue weighted by Crippen LogP contribution is 2.34. The number of anilines is 1. The van der Waals surface area contributed by atoms with Gasteiger partial charge in [0.2, 0.25) is 0 Å². The van der Waals surface area contributed by atoms with Gasteiger partial charge in [0.25, 0.3) is 5.91 Å². The average Bonchev–Trinajstić information content (AvgIpc) is 3.22. The molecule has 2 aromatic rings. The van der Waals surface area contributed by atoms with E-state index in [2.05, 4.69) is 4.98 Å². The van der Waals surface area contributed by atoms with Crippen LogP contribution in [0.15, 0.2) is 24.3 Å². The van der Waals surface area contributed by atoms with Crippen LogP contribution in [0, 0.1) is 0 Å². The molecular weight excluding hydrogens is 413 g/mol. The lowest BCUT2D eigenvalue weighted by Gasteiger charge is -2.15. The molecule has 6 nitrogen and oxygen atoms in total. The van der Waals surface area contributed by atoms with E-state index in [9.17, 15) is 9.59 Å². The van der Waals surface area contributed by atoms with Crippen LogP contribution in [0.4, 0.5) is 5.69 Å². The van der Waals surface area contributed by atoms with Crippen molar-refractivity contribution in [3.05, 3.63) is 56.3 Å². The summed E-state index contributed by atoms with van der Waals surface area (Å²) in [6.07, 6.45) is 2.07. The van der Waals surface area contributed by atoms with Crippen LogP contribution in [0.2, 0.25) is 15.2 Å². The number of likely N-dealkylation sites (tertiary alicyclic amines) is 1. The minimum Gasteiger partial charge on any atom is -0.456 e. The molecule has 0 saturated carbocycles. The molecule has 27 heavy (non-hydrogen) atoms. The van der Waals surface area contributed by atoms with Gasteiger partial charge in [0.15, 0.2) is 10.8 Å². The van der Waals surface area contributed by atoms with Gasteiger partial charge in [-0.15, -0.1) is 0 Å². The third-order valence-corrected chi connectivity index (χ3v) is 5.36. The van der Waals surface area contributed by atoms with Crippen molar-refractivity contribution in [2.24, 2.45) is 0 Å². The number of benzene rings is 1. The van der Waals surface area contributed by atoms with E-state index in [1.807, 2.05) is 4.90 Å². The highest BCUT2D eigenvalue weighted by atomic mass is 35.5. The Morgan fingerprint density at radius 1 is 1.07 bits per heavy atom. The Bertz CT molecular complexity index is 882. The highest BCUT2D eigenvalue weighted by Gasteiger charge is 2.22. The van der Waals surface area contributed by atoms with Crippen LogP contribution in [0.3, 0.4) is 0 Å². The number of rotatable bonds is 4. The van der Waals surface area contributed by atoms with Crippen molar-refractivity contribution >= 4 is 52.4 Å². The number of nitrogen functional groups attached to an aromatic ring is 1. The molecule has 1 fully saturated rings. The molecule has 142 valence electrons. The number of amides is 1. The number of carbonyl (C=O) groups excluding carboxylic acids is 2. The molecule has 3 rings (SSSR count). The van der Waals surface area contributed by atoms with Crippen molar-refractivity contribution in [1.29, 1.82) is 0 Å². The number of pyridine rings is 1. The van der Waals surface area contributed by atoms with Crippen molar-refractivity contribution in [3.8, 4) is 0 Å². The van der Waals surface area contributed by atoms with E-state index >= 15 is 0 Å². The zero-order chi connectivity index (χ0) is 19.6. The van der Waals surface area contributed by atoms with E-state index in [0.717, 1.165) is 25.9 Å². The predicted molar refractivity (Wildman–Crippen MR) is 104 cm³/mol. The number of hydrogen-bond acceptors (Lipinski definition) is 5. The van der Waals surface area contributed by atoms with E-state index in [1.165, 1.54) is 0 Å². The molecular formula is C18H16Cl3N3O3. The van der Waals surface area contributed by atoms with Gasteiger partial charge >= 0.3 is 5.97 Å². The zero-order valence-corrected chi connectivity index (χ0v) is 16.4. The lowest BCUT2D eigenvalue weighted by molar-refractivity contribution is 0.0465. The van der Waals surface area contributed by atoms with Crippen LogP contribution in [0.5, 0.6) is 0 Å². The van der Waals surface area contributed by atoms with Crippen LogP contribution in [-0.2, 0) is 11.3 Å². The molecule has 1 aromatic heterocycles. The van der Waals surface area contributed by atoms with E-state index in [4.69, 9.17) is 45.3 Å².